The Kier molecular flexibility index (Phi) is 4.53. The van der Waals surface area contributed by atoms with Crippen molar-refractivity contribution >= 4 is 5.78 Å². The van der Waals surface area contributed by atoms with Crippen LogP contribution >= 0.6 is 0 Å². The molecule has 0 aliphatic heterocycles. The quantitative estimate of drug-likeness (QED) is 0.800. The minimum absolute atomic E-state index is 0.127. The summed E-state index contributed by atoms with van der Waals surface area (Å²) in [5.74, 6) is 0.791. The summed E-state index contributed by atoms with van der Waals surface area (Å²) in [4.78, 5) is 16.8. The molecule has 0 aromatic carbocycles. The number of rotatable bonds is 6. The number of pyridine rings is 1. The summed E-state index contributed by atoms with van der Waals surface area (Å²) in [6.45, 7) is 3.11. The lowest BCUT2D eigenvalue weighted by atomic mass is 9.79. The molecule has 104 valence electrons. The monoisotopic (exact) mass is 262 g/mol. The van der Waals surface area contributed by atoms with Gasteiger partial charge in [-0.25, -0.2) is 0 Å². The number of ether oxygens (including phenoxy) is 1. The zero-order valence-electron chi connectivity index (χ0n) is 11.5. The lowest BCUT2D eigenvalue weighted by Crippen LogP contribution is -2.36. The standard InChI is InChI=1S/C15H22N2O2/c1-2-7-19-13-8-12(9-17-10-13)14(18)15(11-16)5-3-4-6-15/h8-10H,2-7,11,16H2,1H3. The second-order valence-corrected chi connectivity index (χ2v) is 5.28. The van der Waals surface area contributed by atoms with Crippen molar-refractivity contribution in [2.24, 2.45) is 11.1 Å². The zero-order valence-corrected chi connectivity index (χ0v) is 11.5. The lowest BCUT2D eigenvalue weighted by Gasteiger charge is -2.25. The number of carbonyl (C=O) groups excluding carboxylic acids is 1. The van der Waals surface area contributed by atoms with Crippen LogP contribution in [0.3, 0.4) is 0 Å². The van der Waals surface area contributed by atoms with Crippen LogP contribution in [0.4, 0.5) is 0 Å². The van der Waals surface area contributed by atoms with E-state index in [1.54, 1.807) is 18.5 Å². The first-order valence-corrected chi connectivity index (χ1v) is 7.04. The van der Waals surface area contributed by atoms with Crippen LogP contribution in [0.5, 0.6) is 5.75 Å². The average Bonchev–Trinajstić information content (AvgIpc) is 2.94. The van der Waals surface area contributed by atoms with E-state index < -0.39 is 0 Å². The molecule has 4 heteroatoms. The molecule has 0 atom stereocenters. The fourth-order valence-corrected chi connectivity index (χ4v) is 2.72. The Morgan fingerprint density at radius 1 is 1.42 bits per heavy atom. The van der Waals surface area contributed by atoms with E-state index in [4.69, 9.17) is 10.5 Å². The van der Waals surface area contributed by atoms with Gasteiger partial charge in [0.1, 0.15) is 5.75 Å². The minimum atomic E-state index is -0.370. The van der Waals surface area contributed by atoms with Gasteiger partial charge in [0, 0.05) is 23.7 Å². The smallest absolute Gasteiger partial charge is 0.171 e. The van der Waals surface area contributed by atoms with E-state index in [1.165, 1.54) is 0 Å². The molecular formula is C15H22N2O2. The van der Waals surface area contributed by atoms with Crippen molar-refractivity contribution in [2.45, 2.75) is 39.0 Å². The first-order valence-electron chi connectivity index (χ1n) is 7.04. The van der Waals surface area contributed by atoms with Gasteiger partial charge in [-0.2, -0.15) is 0 Å². The summed E-state index contributed by atoms with van der Waals surface area (Å²) in [6, 6.07) is 1.79. The fraction of sp³-hybridized carbons (Fsp3) is 0.600. The Labute approximate surface area is 114 Å². The van der Waals surface area contributed by atoms with Crippen LogP contribution in [0.2, 0.25) is 0 Å². The molecule has 1 heterocycles. The molecule has 1 aliphatic rings. The molecule has 0 radical (unpaired) electrons. The summed E-state index contributed by atoms with van der Waals surface area (Å²) < 4.78 is 5.53. The van der Waals surface area contributed by atoms with Crippen LogP contribution in [0.15, 0.2) is 18.5 Å². The molecule has 0 spiro atoms. The molecule has 1 saturated carbocycles. The highest BCUT2D eigenvalue weighted by atomic mass is 16.5. The van der Waals surface area contributed by atoms with Crippen LogP contribution in [0, 0.1) is 5.41 Å². The first kappa shape index (κ1) is 14.0. The Morgan fingerprint density at radius 3 is 2.79 bits per heavy atom. The van der Waals surface area contributed by atoms with Gasteiger partial charge >= 0.3 is 0 Å². The number of hydrogen-bond acceptors (Lipinski definition) is 4. The molecule has 1 aliphatic carbocycles. The second kappa shape index (κ2) is 6.15. The average molecular weight is 262 g/mol. The highest BCUT2D eigenvalue weighted by molar-refractivity contribution is 6.00. The Balaban J connectivity index is 2.18. The molecule has 4 nitrogen and oxygen atoms in total. The maximum Gasteiger partial charge on any atom is 0.171 e. The van der Waals surface area contributed by atoms with Crippen molar-refractivity contribution in [3.8, 4) is 5.75 Å². The van der Waals surface area contributed by atoms with E-state index in [2.05, 4.69) is 4.98 Å². The third-order valence-corrected chi connectivity index (χ3v) is 3.88. The molecule has 0 bridgehead atoms. The number of ketones is 1. The number of nitrogens with zero attached hydrogens (tertiary/aromatic N) is 1. The van der Waals surface area contributed by atoms with E-state index in [0.29, 0.717) is 24.5 Å². The van der Waals surface area contributed by atoms with Crippen molar-refractivity contribution in [3.05, 3.63) is 24.0 Å². The van der Waals surface area contributed by atoms with Crippen LogP contribution in [0.25, 0.3) is 0 Å². The Hall–Kier alpha value is -1.42. The van der Waals surface area contributed by atoms with Gasteiger partial charge in [0.2, 0.25) is 0 Å². The van der Waals surface area contributed by atoms with Gasteiger partial charge in [0.15, 0.2) is 5.78 Å². The third-order valence-electron chi connectivity index (χ3n) is 3.88. The van der Waals surface area contributed by atoms with Crippen molar-refractivity contribution in [2.75, 3.05) is 13.2 Å². The van der Waals surface area contributed by atoms with Gasteiger partial charge in [0.25, 0.3) is 0 Å². The fourth-order valence-electron chi connectivity index (χ4n) is 2.72. The normalized spacial score (nSPS) is 17.4. The van der Waals surface area contributed by atoms with Crippen molar-refractivity contribution in [3.63, 3.8) is 0 Å². The summed E-state index contributed by atoms with van der Waals surface area (Å²) in [5.41, 5.74) is 6.11. The van der Waals surface area contributed by atoms with Crippen molar-refractivity contribution in [1.29, 1.82) is 0 Å². The lowest BCUT2D eigenvalue weighted by molar-refractivity contribution is 0.0809. The van der Waals surface area contributed by atoms with E-state index in [0.717, 1.165) is 32.1 Å². The van der Waals surface area contributed by atoms with Crippen molar-refractivity contribution < 1.29 is 9.53 Å². The first-order chi connectivity index (χ1) is 9.22. The van der Waals surface area contributed by atoms with E-state index >= 15 is 0 Å². The molecule has 0 amide bonds. The highest BCUT2D eigenvalue weighted by Crippen LogP contribution is 2.40. The molecular weight excluding hydrogens is 240 g/mol. The van der Waals surface area contributed by atoms with Gasteiger partial charge in [-0.15, -0.1) is 0 Å². The topological polar surface area (TPSA) is 65.2 Å². The van der Waals surface area contributed by atoms with Gasteiger partial charge < -0.3 is 10.5 Å². The summed E-state index contributed by atoms with van der Waals surface area (Å²) >= 11 is 0. The Bertz CT molecular complexity index is 440. The number of nitrogens with two attached hydrogens (primary N) is 1. The SMILES string of the molecule is CCCOc1cncc(C(=O)C2(CN)CCCC2)c1. The Morgan fingerprint density at radius 2 is 2.16 bits per heavy atom. The maximum absolute atomic E-state index is 12.7. The molecule has 1 aromatic heterocycles. The number of Topliss-reactive ketones (excluding diaryl/α,β-unsaturated/α-hetero) is 1. The molecule has 2 N–H and O–H groups in total. The maximum atomic E-state index is 12.7. The van der Waals surface area contributed by atoms with Gasteiger partial charge in [-0.05, 0) is 25.3 Å². The molecule has 1 aromatic rings. The minimum Gasteiger partial charge on any atom is -0.492 e. The molecule has 19 heavy (non-hydrogen) atoms. The van der Waals surface area contributed by atoms with Gasteiger partial charge in [-0.1, -0.05) is 19.8 Å². The number of aromatic nitrogens is 1. The predicted octanol–water partition coefficient (Wildman–Crippen LogP) is 2.57. The van der Waals surface area contributed by atoms with Crippen molar-refractivity contribution in [1.82, 2.24) is 4.98 Å². The number of carbonyl (C=O) groups is 1. The summed E-state index contributed by atoms with van der Waals surface area (Å²) in [6.07, 6.45) is 8.16. The van der Waals surface area contributed by atoms with Gasteiger partial charge in [0.05, 0.1) is 12.8 Å². The van der Waals surface area contributed by atoms with Gasteiger partial charge in [-0.3, -0.25) is 9.78 Å². The van der Waals surface area contributed by atoms with E-state index in [-0.39, 0.29) is 11.2 Å². The van der Waals surface area contributed by atoms with Crippen LogP contribution in [-0.4, -0.2) is 23.9 Å². The molecule has 0 saturated heterocycles. The molecule has 2 rings (SSSR count). The molecule has 0 unspecified atom stereocenters. The van der Waals surface area contributed by atoms with E-state index in [9.17, 15) is 4.79 Å². The van der Waals surface area contributed by atoms with Crippen LogP contribution < -0.4 is 10.5 Å². The second-order valence-electron chi connectivity index (χ2n) is 5.28. The highest BCUT2D eigenvalue weighted by Gasteiger charge is 2.40. The predicted molar refractivity (Wildman–Crippen MR) is 74.3 cm³/mol. The third kappa shape index (κ3) is 2.95. The van der Waals surface area contributed by atoms with Crippen LogP contribution in [0.1, 0.15) is 49.4 Å². The zero-order chi connectivity index (χ0) is 13.7. The largest absolute Gasteiger partial charge is 0.492 e. The number of hydrogen-bond donors (Lipinski definition) is 1. The molecule has 1 fully saturated rings. The summed E-state index contributed by atoms with van der Waals surface area (Å²) in [7, 11) is 0. The van der Waals surface area contributed by atoms with E-state index in [1.807, 2.05) is 6.92 Å². The summed E-state index contributed by atoms with van der Waals surface area (Å²) in [5, 5.41) is 0. The van der Waals surface area contributed by atoms with Crippen LogP contribution in [-0.2, 0) is 0 Å².